The smallest absolute Gasteiger partial charge is 0.226 e. The molecule has 0 aromatic heterocycles. The van der Waals surface area contributed by atoms with Gasteiger partial charge in [-0.2, -0.15) is 0 Å². The van der Waals surface area contributed by atoms with Gasteiger partial charge in [0.15, 0.2) is 0 Å². The largest absolute Gasteiger partial charge is 0.493 e. The summed E-state index contributed by atoms with van der Waals surface area (Å²) in [4.78, 5) is 14.8. The third-order valence-corrected chi connectivity index (χ3v) is 5.62. The van der Waals surface area contributed by atoms with Crippen molar-refractivity contribution in [2.75, 3.05) is 26.9 Å². The van der Waals surface area contributed by atoms with Gasteiger partial charge < -0.3 is 14.4 Å². The monoisotopic (exact) mass is 319 g/mol. The normalized spacial score (nSPS) is 29.5. The molecule has 5 heteroatoms. The van der Waals surface area contributed by atoms with Gasteiger partial charge in [-0.05, 0) is 31.0 Å². The molecular formula is C18H22FNO3. The maximum atomic E-state index is 13.8. The molecule has 3 atom stereocenters. The van der Waals surface area contributed by atoms with E-state index in [0.29, 0.717) is 25.5 Å². The Kier molecular flexibility index (Phi) is 3.76. The second kappa shape index (κ2) is 5.78. The first-order chi connectivity index (χ1) is 11.2. The number of carbonyl (C=O) groups excluding carboxylic acids is 1. The zero-order chi connectivity index (χ0) is 16.0. The van der Waals surface area contributed by atoms with Crippen LogP contribution < -0.4 is 4.74 Å². The SMILES string of the molecule is COC[C@@H]1CN(C(=O)C2CCC2)[C@H]2c3cc(F)ccc3OC[C@@H]12. The Balaban J connectivity index is 1.70. The first kappa shape index (κ1) is 14.9. The number of nitrogens with zero attached hydrogens (tertiary/aromatic N) is 1. The minimum atomic E-state index is -0.278. The molecule has 23 heavy (non-hydrogen) atoms. The lowest BCUT2D eigenvalue weighted by molar-refractivity contribution is -0.140. The van der Waals surface area contributed by atoms with Crippen molar-refractivity contribution < 1.29 is 18.7 Å². The van der Waals surface area contributed by atoms with Crippen molar-refractivity contribution in [3.05, 3.63) is 29.6 Å². The number of hydrogen-bond acceptors (Lipinski definition) is 3. The summed E-state index contributed by atoms with van der Waals surface area (Å²) < 4.78 is 25.0. The van der Waals surface area contributed by atoms with Crippen LogP contribution in [0.5, 0.6) is 5.75 Å². The number of benzene rings is 1. The molecule has 1 aliphatic carbocycles. The zero-order valence-corrected chi connectivity index (χ0v) is 13.3. The molecule has 4 rings (SSSR count). The summed E-state index contributed by atoms with van der Waals surface area (Å²) >= 11 is 0. The molecule has 0 spiro atoms. The lowest BCUT2D eigenvalue weighted by atomic mass is 9.83. The molecule has 3 aliphatic rings. The van der Waals surface area contributed by atoms with Crippen LogP contribution in [0, 0.1) is 23.6 Å². The van der Waals surface area contributed by atoms with Gasteiger partial charge in [-0.1, -0.05) is 6.42 Å². The minimum Gasteiger partial charge on any atom is -0.493 e. The average Bonchev–Trinajstić information content (AvgIpc) is 2.85. The highest BCUT2D eigenvalue weighted by Crippen LogP contribution is 2.48. The van der Waals surface area contributed by atoms with Gasteiger partial charge in [-0.15, -0.1) is 0 Å². The van der Waals surface area contributed by atoms with Crippen LogP contribution in [0.3, 0.4) is 0 Å². The fourth-order valence-electron chi connectivity index (χ4n) is 4.19. The second-order valence-corrected chi connectivity index (χ2v) is 6.94. The number of rotatable bonds is 3. The number of hydrogen-bond donors (Lipinski definition) is 0. The van der Waals surface area contributed by atoms with Crippen molar-refractivity contribution >= 4 is 5.91 Å². The van der Waals surface area contributed by atoms with Crippen molar-refractivity contribution in [1.29, 1.82) is 0 Å². The molecule has 1 saturated heterocycles. The predicted molar refractivity (Wildman–Crippen MR) is 82.5 cm³/mol. The van der Waals surface area contributed by atoms with E-state index in [2.05, 4.69) is 0 Å². The van der Waals surface area contributed by atoms with E-state index in [1.807, 2.05) is 4.90 Å². The molecule has 2 aliphatic heterocycles. The predicted octanol–water partition coefficient (Wildman–Crippen LogP) is 2.78. The molecule has 124 valence electrons. The molecule has 4 nitrogen and oxygen atoms in total. The van der Waals surface area contributed by atoms with Gasteiger partial charge in [0.25, 0.3) is 0 Å². The Morgan fingerprint density at radius 3 is 2.96 bits per heavy atom. The van der Waals surface area contributed by atoms with E-state index in [4.69, 9.17) is 9.47 Å². The van der Waals surface area contributed by atoms with Crippen molar-refractivity contribution in [1.82, 2.24) is 4.90 Å². The highest BCUT2D eigenvalue weighted by Gasteiger charge is 2.49. The Hall–Kier alpha value is -1.62. The fraction of sp³-hybridized carbons (Fsp3) is 0.611. The van der Waals surface area contributed by atoms with Crippen LogP contribution in [0.4, 0.5) is 4.39 Å². The summed E-state index contributed by atoms with van der Waals surface area (Å²) in [5, 5.41) is 0. The summed E-state index contributed by atoms with van der Waals surface area (Å²) in [5.41, 5.74) is 0.813. The van der Waals surface area contributed by atoms with Crippen molar-refractivity contribution in [3.8, 4) is 5.75 Å². The Morgan fingerprint density at radius 2 is 2.26 bits per heavy atom. The van der Waals surface area contributed by atoms with E-state index >= 15 is 0 Å². The summed E-state index contributed by atoms with van der Waals surface area (Å²) in [7, 11) is 1.68. The van der Waals surface area contributed by atoms with E-state index in [-0.39, 0.29) is 35.5 Å². The topological polar surface area (TPSA) is 38.8 Å². The van der Waals surface area contributed by atoms with Gasteiger partial charge >= 0.3 is 0 Å². The van der Waals surface area contributed by atoms with Crippen LogP contribution in [0.2, 0.25) is 0 Å². The number of methoxy groups -OCH3 is 1. The van der Waals surface area contributed by atoms with Gasteiger partial charge in [0.1, 0.15) is 11.6 Å². The van der Waals surface area contributed by atoms with E-state index in [1.165, 1.54) is 12.1 Å². The average molecular weight is 319 g/mol. The zero-order valence-electron chi connectivity index (χ0n) is 13.3. The summed E-state index contributed by atoms with van der Waals surface area (Å²) in [6, 6.07) is 4.54. The van der Waals surface area contributed by atoms with E-state index < -0.39 is 0 Å². The number of ether oxygens (including phenoxy) is 2. The maximum Gasteiger partial charge on any atom is 0.226 e. The van der Waals surface area contributed by atoms with Crippen LogP contribution >= 0.6 is 0 Å². The number of likely N-dealkylation sites (tertiary alicyclic amines) is 1. The van der Waals surface area contributed by atoms with E-state index in [9.17, 15) is 9.18 Å². The molecule has 2 heterocycles. The van der Waals surface area contributed by atoms with Crippen LogP contribution in [-0.4, -0.2) is 37.7 Å². The highest BCUT2D eigenvalue weighted by atomic mass is 19.1. The first-order valence-electron chi connectivity index (χ1n) is 8.40. The van der Waals surface area contributed by atoms with Gasteiger partial charge in [0.2, 0.25) is 5.91 Å². The lowest BCUT2D eigenvalue weighted by Crippen LogP contribution is -2.40. The molecule has 1 saturated carbocycles. The quantitative estimate of drug-likeness (QED) is 0.860. The number of carbonyl (C=O) groups is 1. The third kappa shape index (κ3) is 2.42. The van der Waals surface area contributed by atoms with Crippen molar-refractivity contribution in [2.45, 2.75) is 25.3 Å². The van der Waals surface area contributed by atoms with Crippen LogP contribution in [0.25, 0.3) is 0 Å². The van der Waals surface area contributed by atoms with Gasteiger partial charge in [-0.25, -0.2) is 4.39 Å². The second-order valence-electron chi connectivity index (χ2n) is 6.94. The summed E-state index contributed by atoms with van der Waals surface area (Å²) in [5.74, 6) is 1.22. The summed E-state index contributed by atoms with van der Waals surface area (Å²) in [6.45, 7) is 1.84. The molecule has 1 aromatic rings. The minimum absolute atomic E-state index is 0.0808. The molecular weight excluding hydrogens is 297 g/mol. The molecule has 0 bridgehead atoms. The van der Waals surface area contributed by atoms with Gasteiger partial charge in [-0.3, -0.25) is 4.79 Å². The van der Waals surface area contributed by atoms with Crippen molar-refractivity contribution in [3.63, 3.8) is 0 Å². The van der Waals surface area contributed by atoms with E-state index in [1.54, 1.807) is 13.2 Å². The van der Waals surface area contributed by atoms with Crippen molar-refractivity contribution in [2.24, 2.45) is 17.8 Å². The standard InChI is InChI=1S/C18H22FNO3/c1-22-9-12-8-20(18(21)11-3-2-4-11)17-14-7-13(19)5-6-16(14)23-10-15(12)17/h5-7,11-12,15,17H,2-4,8-10H2,1H3/t12-,15-,17-/m0/s1. The fourth-order valence-corrected chi connectivity index (χ4v) is 4.19. The molecule has 1 aromatic carbocycles. The number of amides is 1. The molecule has 0 unspecified atom stereocenters. The van der Waals surface area contributed by atoms with Crippen LogP contribution in [0.15, 0.2) is 18.2 Å². The van der Waals surface area contributed by atoms with E-state index in [0.717, 1.165) is 24.8 Å². The maximum absolute atomic E-state index is 13.8. The Labute approximate surface area is 135 Å². The number of fused-ring (bicyclic) bond motifs is 3. The van der Waals surface area contributed by atoms with Gasteiger partial charge in [0.05, 0.1) is 19.3 Å². The molecule has 2 fully saturated rings. The number of halogens is 1. The Morgan fingerprint density at radius 1 is 1.43 bits per heavy atom. The lowest BCUT2D eigenvalue weighted by Gasteiger charge is -2.37. The molecule has 0 N–H and O–H groups in total. The third-order valence-electron chi connectivity index (χ3n) is 5.62. The van der Waals surface area contributed by atoms with Crippen LogP contribution in [0.1, 0.15) is 30.9 Å². The van der Waals surface area contributed by atoms with Gasteiger partial charge in [0, 0.05) is 37.0 Å². The highest BCUT2D eigenvalue weighted by molar-refractivity contribution is 5.80. The Bertz CT molecular complexity index is 616. The van der Waals surface area contributed by atoms with Crippen LogP contribution in [-0.2, 0) is 9.53 Å². The summed E-state index contributed by atoms with van der Waals surface area (Å²) in [6.07, 6.45) is 3.09. The molecule has 0 radical (unpaired) electrons. The first-order valence-corrected chi connectivity index (χ1v) is 8.40. The molecule has 1 amide bonds.